The highest BCUT2D eigenvalue weighted by Gasteiger charge is 2.10. The summed E-state index contributed by atoms with van der Waals surface area (Å²) in [5.41, 5.74) is 1.18. The molecule has 2 aromatic carbocycles. The summed E-state index contributed by atoms with van der Waals surface area (Å²) in [4.78, 5) is 11.9. The summed E-state index contributed by atoms with van der Waals surface area (Å²) in [6, 6.07) is 11.4. The quantitative estimate of drug-likeness (QED) is 0.504. The van der Waals surface area contributed by atoms with Gasteiger partial charge in [0.1, 0.15) is 11.6 Å². The molecule has 0 aliphatic carbocycles. The number of aromatic nitrogens is 2. The third kappa shape index (κ3) is 4.71. The zero-order valence-corrected chi connectivity index (χ0v) is 15.1. The maximum absolute atomic E-state index is 13.0. The van der Waals surface area contributed by atoms with Gasteiger partial charge in [-0.15, -0.1) is 5.10 Å². The van der Waals surface area contributed by atoms with Crippen molar-refractivity contribution in [2.45, 2.75) is 4.34 Å². The fourth-order valence-electron chi connectivity index (χ4n) is 1.92. The van der Waals surface area contributed by atoms with Crippen LogP contribution < -0.4 is 5.32 Å². The summed E-state index contributed by atoms with van der Waals surface area (Å²) < 4.78 is 28.5. The molecule has 4 nitrogen and oxygen atoms in total. The highest BCUT2D eigenvalue weighted by Crippen LogP contribution is 2.24. The van der Waals surface area contributed by atoms with Crippen molar-refractivity contribution in [1.82, 2.24) is 9.78 Å². The summed E-state index contributed by atoms with van der Waals surface area (Å²) in [7, 11) is 0. The van der Waals surface area contributed by atoms with Crippen molar-refractivity contribution in [3.8, 4) is 5.69 Å². The summed E-state index contributed by atoms with van der Waals surface area (Å²) in [6.45, 7) is 0. The van der Waals surface area contributed by atoms with E-state index in [-0.39, 0.29) is 23.3 Å². The number of halogens is 2. The number of hydrogen-bond acceptors (Lipinski definition) is 5. The van der Waals surface area contributed by atoms with E-state index in [1.165, 1.54) is 64.2 Å². The molecule has 0 radical (unpaired) electrons. The van der Waals surface area contributed by atoms with E-state index in [0.717, 1.165) is 0 Å². The predicted molar refractivity (Wildman–Crippen MR) is 98.0 cm³/mol. The van der Waals surface area contributed by atoms with Crippen LogP contribution in [0.25, 0.3) is 5.69 Å². The Hall–Kier alpha value is -2.10. The fourth-order valence-corrected chi connectivity index (χ4v) is 4.08. The average Bonchev–Trinajstić information content (AvgIpc) is 2.97. The smallest absolute Gasteiger partial charge is 0.234 e. The van der Waals surface area contributed by atoms with Gasteiger partial charge in [0.2, 0.25) is 5.91 Å². The van der Waals surface area contributed by atoms with E-state index in [2.05, 4.69) is 10.4 Å². The minimum absolute atomic E-state index is 0.142. The second-order valence-electron chi connectivity index (χ2n) is 4.87. The van der Waals surface area contributed by atoms with Crippen LogP contribution in [0.15, 0.2) is 52.9 Å². The van der Waals surface area contributed by atoms with Crippen LogP contribution in [-0.4, -0.2) is 21.4 Å². The normalized spacial score (nSPS) is 10.6. The maximum Gasteiger partial charge on any atom is 0.234 e. The van der Waals surface area contributed by atoms with E-state index in [9.17, 15) is 13.6 Å². The van der Waals surface area contributed by atoms with Crippen LogP contribution >= 0.6 is 35.3 Å². The first-order valence-electron chi connectivity index (χ1n) is 7.05. The number of rotatable bonds is 5. The highest BCUT2D eigenvalue weighted by molar-refractivity contribution is 8.01. The largest absolute Gasteiger partial charge is 0.325 e. The molecular formula is C16H11F2N3OS3. The monoisotopic (exact) mass is 395 g/mol. The molecule has 1 amide bonds. The molecule has 128 valence electrons. The van der Waals surface area contributed by atoms with Gasteiger partial charge in [-0.3, -0.25) is 4.79 Å². The maximum atomic E-state index is 13.0. The number of carbonyl (C=O) groups excluding carboxylic acids is 1. The van der Waals surface area contributed by atoms with Gasteiger partial charge in [-0.2, -0.15) is 0 Å². The van der Waals surface area contributed by atoms with Crippen molar-refractivity contribution in [3.63, 3.8) is 0 Å². The molecular weight excluding hydrogens is 384 g/mol. The van der Waals surface area contributed by atoms with Gasteiger partial charge < -0.3 is 5.32 Å². The Kier molecular flexibility index (Phi) is 5.57. The molecule has 25 heavy (non-hydrogen) atoms. The first kappa shape index (κ1) is 17.7. The van der Waals surface area contributed by atoms with E-state index >= 15 is 0 Å². The number of hydrogen-bond donors (Lipinski definition) is 1. The van der Waals surface area contributed by atoms with Gasteiger partial charge in [-0.25, -0.2) is 13.5 Å². The minimum atomic E-state index is -0.363. The van der Waals surface area contributed by atoms with Crippen molar-refractivity contribution >= 4 is 46.9 Å². The zero-order chi connectivity index (χ0) is 17.8. The molecule has 9 heteroatoms. The Morgan fingerprint density at radius 2 is 1.72 bits per heavy atom. The SMILES string of the molecule is O=C(CSc1nn(-c2ccc(F)cc2)c(=S)s1)Nc1ccc(F)cc1. The van der Waals surface area contributed by atoms with Crippen molar-refractivity contribution in [3.05, 3.63) is 64.1 Å². The lowest BCUT2D eigenvalue weighted by Crippen LogP contribution is -2.13. The highest BCUT2D eigenvalue weighted by atomic mass is 32.2. The van der Waals surface area contributed by atoms with Crippen LogP contribution in [0, 0.1) is 15.6 Å². The summed E-state index contributed by atoms with van der Waals surface area (Å²) in [5.74, 6) is -0.787. The number of benzene rings is 2. The molecule has 0 aliphatic heterocycles. The van der Waals surface area contributed by atoms with Gasteiger partial charge in [0.05, 0.1) is 11.4 Å². The molecule has 0 aliphatic rings. The fraction of sp³-hybridized carbons (Fsp3) is 0.0625. The van der Waals surface area contributed by atoms with E-state index in [4.69, 9.17) is 12.2 Å². The molecule has 0 atom stereocenters. The molecule has 0 saturated heterocycles. The Bertz CT molecular complexity index is 937. The van der Waals surface area contributed by atoms with Gasteiger partial charge >= 0.3 is 0 Å². The lowest BCUT2D eigenvalue weighted by atomic mass is 10.3. The number of nitrogens with one attached hydrogen (secondary N) is 1. The second-order valence-corrected chi connectivity index (χ2v) is 7.71. The first-order valence-corrected chi connectivity index (χ1v) is 9.26. The zero-order valence-electron chi connectivity index (χ0n) is 12.6. The van der Waals surface area contributed by atoms with Crippen LogP contribution in [0.4, 0.5) is 14.5 Å². The lowest BCUT2D eigenvalue weighted by Gasteiger charge is -2.03. The summed E-state index contributed by atoms with van der Waals surface area (Å²) >= 11 is 7.77. The van der Waals surface area contributed by atoms with Crippen molar-refractivity contribution in [1.29, 1.82) is 0 Å². The lowest BCUT2D eigenvalue weighted by molar-refractivity contribution is -0.113. The topological polar surface area (TPSA) is 46.9 Å². The van der Waals surface area contributed by atoms with Crippen molar-refractivity contribution < 1.29 is 13.6 Å². The number of thioether (sulfide) groups is 1. The van der Waals surface area contributed by atoms with E-state index in [1.807, 2.05) is 0 Å². The Balaban J connectivity index is 1.63. The third-order valence-electron chi connectivity index (χ3n) is 3.06. The van der Waals surface area contributed by atoms with E-state index in [1.54, 1.807) is 12.1 Å². The molecule has 1 N–H and O–H groups in total. The molecule has 1 aromatic heterocycles. The summed E-state index contributed by atoms with van der Waals surface area (Å²) in [6.07, 6.45) is 0. The molecule has 0 fully saturated rings. The first-order chi connectivity index (χ1) is 12.0. The van der Waals surface area contributed by atoms with Gasteiger partial charge in [0.15, 0.2) is 8.29 Å². The Morgan fingerprint density at radius 3 is 2.36 bits per heavy atom. The molecule has 0 bridgehead atoms. The molecule has 0 spiro atoms. The molecule has 1 heterocycles. The van der Waals surface area contributed by atoms with E-state index < -0.39 is 0 Å². The summed E-state index contributed by atoms with van der Waals surface area (Å²) in [5, 5.41) is 7.02. The minimum Gasteiger partial charge on any atom is -0.325 e. The van der Waals surface area contributed by atoms with Crippen LogP contribution in [0.3, 0.4) is 0 Å². The molecule has 3 rings (SSSR count). The van der Waals surface area contributed by atoms with Crippen LogP contribution in [0.5, 0.6) is 0 Å². The van der Waals surface area contributed by atoms with E-state index in [0.29, 0.717) is 19.7 Å². The van der Waals surface area contributed by atoms with Crippen molar-refractivity contribution in [2.75, 3.05) is 11.1 Å². The van der Waals surface area contributed by atoms with Crippen LogP contribution in [-0.2, 0) is 4.79 Å². The van der Waals surface area contributed by atoms with Crippen molar-refractivity contribution in [2.24, 2.45) is 0 Å². The van der Waals surface area contributed by atoms with Gasteiger partial charge in [0, 0.05) is 5.69 Å². The Labute approximate surface area is 155 Å². The second kappa shape index (κ2) is 7.85. The average molecular weight is 395 g/mol. The molecule has 0 saturated carbocycles. The van der Waals surface area contributed by atoms with Gasteiger partial charge in [-0.05, 0) is 60.7 Å². The predicted octanol–water partition coefficient (Wildman–Crippen LogP) is 4.67. The van der Waals surface area contributed by atoms with Gasteiger partial charge in [0.25, 0.3) is 0 Å². The van der Waals surface area contributed by atoms with Crippen LogP contribution in [0.2, 0.25) is 0 Å². The Morgan fingerprint density at radius 1 is 1.12 bits per heavy atom. The van der Waals surface area contributed by atoms with Gasteiger partial charge in [-0.1, -0.05) is 23.1 Å². The standard InChI is InChI=1S/C16H11F2N3OS3/c17-10-1-5-12(6-2-10)19-14(22)9-24-15-20-21(16(23)25-15)13-7-3-11(18)4-8-13/h1-8H,9H2,(H,19,22). The third-order valence-corrected chi connectivity index (χ3v) is 5.42. The number of amides is 1. The molecule has 3 aromatic rings. The number of anilines is 1. The number of carbonyl (C=O) groups is 1. The number of nitrogens with zero attached hydrogens (tertiary/aromatic N) is 2. The van der Waals surface area contributed by atoms with Crippen LogP contribution in [0.1, 0.15) is 0 Å². The molecule has 0 unspecified atom stereocenters.